The highest BCUT2D eigenvalue weighted by Gasteiger charge is 2.24. The summed E-state index contributed by atoms with van der Waals surface area (Å²) in [6.07, 6.45) is 2.29. The van der Waals surface area contributed by atoms with Crippen molar-refractivity contribution in [3.8, 4) is 0 Å². The monoisotopic (exact) mass is 283 g/mol. The quantitative estimate of drug-likeness (QED) is 0.814. The molecular formula is C14H25N3OS. The molecular weight excluding hydrogens is 258 g/mol. The molecule has 0 aliphatic carbocycles. The molecule has 1 aromatic rings. The molecule has 108 valence electrons. The van der Waals surface area contributed by atoms with Crippen molar-refractivity contribution in [2.24, 2.45) is 0 Å². The number of aryl methyl sites for hydroxylation is 1. The van der Waals surface area contributed by atoms with Gasteiger partial charge in [-0.05, 0) is 26.3 Å². The molecule has 1 aromatic heterocycles. The Bertz CT molecular complexity index is 394. The minimum absolute atomic E-state index is 0.482. The van der Waals surface area contributed by atoms with Crippen LogP contribution in [0.2, 0.25) is 0 Å². The second-order valence-electron chi connectivity index (χ2n) is 5.01. The van der Waals surface area contributed by atoms with Crippen molar-refractivity contribution < 1.29 is 4.74 Å². The predicted molar refractivity (Wildman–Crippen MR) is 81.1 cm³/mol. The average Bonchev–Trinajstić information content (AvgIpc) is 2.80. The number of ether oxygens (including phenoxy) is 1. The molecule has 0 bridgehead atoms. The van der Waals surface area contributed by atoms with Crippen LogP contribution in [0, 0.1) is 6.92 Å². The fourth-order valence-electron chi connectivity index (χ4n) is 2.32. The number of nitrogens with zero attached hydrogens (tertiary/aromatic N) is 2. The highest BCUT2D eigenvalue weighted by atomic mass is 32.1. The molecule has 4 nitrogen and oxygen atoms in total. The van der Waals surface area contributed by atoms with Crippen molar-refractivity contribution in [2.75, 3.05) is 31.2 Å². The first-order valence-electron chi connectivity index (χ1n) is 7.27. The number of rotatable bonds is 6. The van der Waals surface area contributed by atoms with Crippen molar-refractivity contribution in [1.29, 1.82) is 0 Å². The average molecular weight is 283 g/mol. The third-order valence-electron chi connectivity index (χ3n) is 3.54. The SMILES string of the molecule is CCCNCc1sc(N2CCOCC2CC)nc1C. The molecule has 1 N–H and O–H groups in total. The number of nitrogens with one attached hydrogen (secondary N) is 1. The van der Waals surface area contributed by atoms with Crippen LogP contribution in [0.3, 0.4) is 0 Å². The maximum Gasteiger partial charge on any atom is 0.186 e. The Hall–Kier alpha value is -0.650. The van der Waals surface area contributed by atoms with E-state index in [0.717, 1.165) is 39.3 Å². The second kappa shape index (κ2) is 7.22. The molecule has 1 fully saturated rings. The van der Waals surface area contributed by atoms with Gasteiger partial charge in [-0.15, -0.1) is 11.3 Å². The van der Waals surface area contributed by atoms with Crippen molar-refractivity contribution in [3.63, 3.8) is 0 Å². The molecule has 0 saturated carbocycles. The van der Waals surface area contributed by atoms with Gasteiger partial charge in [-0.3, -0.25) is 0 Å². The topological polar surface area (TPSA) is 37.4 Å². The van der Waals surface area contributed by atoms with E-state index in [2.05, 4.69) is 31.0 Å². The van der Waals surface area contributed by atoms with E-state index >= 15 is 0 Å². The zero-order valence-corrected chi connectivity index (χ0v) is 13.1. The Morgan fingerprint density at radius 2 is 2.32 bits per heavy atom. The van der Waals surface area contributed by atoms with E-state index in [4.69, 9.17) is 9.72 Å². The molecule has 1 atom stereocenters. The van der Waals surface area contributed by atoms with Crippen LogP contribution in [0.5, 0.6) is 0 Å². The van der Waals surface area contributed by atoms with E-state index < -0.39 is 0 Å². The summed E-state index contributed by atoms with van der Waals surface area (Å²) in [5.74, 6) is 0. The van der Waals surface area contributed by atoms with Gasteiger partial charge in [-0.25, -0.2) is 4.98 Å². The van der Waals surface area contributed by atoms with Crippen molar-refractivity contribution in [3.05, 3.63) is 10.6 Å². The number of aromatic nitrogens is 1. The highest BCUT2D eigenvalue weighted by Crippen LogP contribution is 2.29. The van der Waals surface area contributed by atoms with Crippen molar-refractivity contribution in [2.45, 2.75) is 46.2 Å². The largest absolute Gasteiger partial charge is 0.377 e. The lowest BCUT2D eigenvalue weighted by Gasteiger charge is -2.34. The summed E-state index contributed by atoms with van der Waals surface area (Å²) < 4.78 is 5.56. The van der Waals surface area contributed by atoms with Crippen LogP contribution in [0.25, 0.3) is 0 Å². The molecule has 0 aromatic carbocycles. The standard InChI is InChI=1S/C14H25N3OS/c1-4-6-15-9-13-11(3)16-14(19-13)17-7-8-18-10-12(17)5-2/h12,15H,4-10H2,1-3H3. The van der Waals surface area contributed by atoms with Crippen LogP contribution in [0.1, 0.15) is 37.3 Å². The fraction of sp³-hybridized carbons (Fsp3) is 0.786. The Labute approximate surface area is 120 Å². The number of anilines is 1. The van der Waals surface area contributed by atoms with Gasteiger partial charge in [0, 0.05) is 18.0 Å². The first kappa shape index (κ1) is 14.8. The van der Waals surface area contributed by atoms with E-state index in [1.807, 2.05) is 11.3 Å². The summed E-state index contributed by atoms with van der Waals surface area (Å²) in [4.78, 5) is 8.55. The molecule has 1 saturated heterocycles. The summed E-state index contributed by atoms with van der Waals surface area (Å²) in [6, 6.07) is 0.482. The van der Waals surface area contributed by atoms with Crippen molar-refractivity contribution in [1.82, 2.24) is 10.3 Å². The van der Waals surface area contributed by atoms with Crippen LogP contribution >= 0.6 is 11.3 Å². The maximum atomic E-state index is 5.56. The molecule has 1 aliphatic heterocycles. The minimum Gasteiger partial charge on any atom is -0.377 e. The molecule has 1 aliphatic rings. The van der Waals surface area contributed by atoms with Gasteiger partial charge in [-0.1, -0.05) is 13.8 Å². The first-order chi connectivity index (χ1) is 9.26. The zero-order chi connectivity index (χ0) is 13.7. The summed E-state index contributed by atoms with van der Waals surface area (Å²) in [5.41, 5.74) is 1.17. The summed E-state index contributed by atoms with van der Waals surface area (Å²) in [5, 5.41) is 4.63. The normalized spacial score (nSPS) is 19.9. The number of hydrogen-bond donors (Lipinski definition) is 1. The molecule has 2 rings (SSSR count). The molecule has 5 heteroatoms. The maximum absolute atomic E-state index is 5.56. The van der Waals surface area contributed by atoms with E-state index in [1.165, 1.54) is 22.1 Å². The summed E-state index contributed by atoms with van der Waals surface area (Å²) in [7, 11) is 0. The van der Waals surface area contributed by atoms with Gasteiger partial charge >= 0.3 is 0 Å². The smallest absolute Gasteiger partial charge is 0.186 e. The van der Waals surface area contributed by atoms with Gasteiger partial charge < -0.3 is 15.0 Å². The van der Waals surface area contributed by atoms with Gasteiger partial charge in [0.2, 0.25) is 0 Å². The Morgan fingerprint density at radius 1 is 1.47 bits per heavy atom. The second-order valence-corrected chi connectivity index (χ2v) is 6.07. The van der Waals surface area contributed by atoms with E-state index in [-0.39, 0.29) is 0 Å². The molecule has 2 heterocycles. The van der Waals surface area contributed by atoms with Gasteiger partial charge in [0.15, 0.2) is 5.13 Å². The summed E-state index contributed by atoms with van der Waals surface area (Å²) >= 11 is 1.83. The predicted octanol–water partition coefficient (Wildman–Crippen LogP) is 2.57. The van der Waals surface area contributed by atoms with Gasteiger partial charge in [0.1, 0.15) is 0 Å². The van der Waals surface area contributed by atoms with E-state index in [9.17, 15) is 0 Å². The highest BCUT2D eigenvalue weighted by molar-refractivity contribution is 7.15. The molecule has 0 amide bonds. The lowest BCUT2D eigenvalue weighted by molar-refractivity contribution is 0.0929. The number of morpholine rings is 1. The fourth-order valence-corrected chi connectivity index (χ4v) is 3.45. The molecule has 1 unspecified atom stereocenters. The Balaban J connectivity index is 2.05. The zero-order valence-electron chi connectivity index (χ0n) is 12.2. The molecule has 0 radical (unpaired) electrons. The first-order valence-corrected chi connectivity index (χ1v) is 8.09. The van der Waals surface area contributed by atoms with Crippen LogP contribution in [0.4, 0.5) is 5.13 Å². The van der Waals surface area contributed by atoms with Crippen molar-refractivity contribution >= 4 is 16.5 Å². The lowest BCUT2D eigenvalue weighted by atomic mass is 10.2. The van der Waals surface area contributed by atoms with Gasteiger partial charge in [0.05, 0.1) is 24.9 Å². The Morgan fingerprint density at radius 3 is 3.05 bits per heavy atom. The molecule has 0 spiro atoms. The van der Waals surface area contributed by atoms with Crippen LogP contribution in [0.15, 0.2) is 0 Å². The lowest BCUT2D eigenvalue weighted by Crippen LogP contribution is -2.45. The molecule has 19 heavy (non-hydrogen) atoms. The van der Waals surface area contributed by atoms with Crippen LogP contribution in [-0.4, -0.2) is 37.3 Å². The van der Waals surface area contributed by atoms with Gasteiger partial charge in [-0.2, -0.15) is 0 Å². The third-order valence-corrected chi connectivity index (χ3v) is 4.73. The number of hydrogen-bond acceptors (Lipinski definition) is 5. The van der Waals surface area contributed by atoms with E-state index in [1.54, 1.807) is 0 Å². The van der Waals surface area contributed by atoms with E-state index in [0.29, 0.717) is 6.04 Å². The minimum atomic E-state index is 0.482. The Kier molecular flexibility index (Phi) is 5.60. The number of thiazole rings is 1. The van der Waals surface area contributed by atoms with Crippen LogP contribution in [-0.2, 0) is 11.3 Å². The third kappa shape index (κ3) is 3.68. The van der Waals surface area contributed by atoms with Gasteiger partial charge in [0.25, 0.3) is 0 Å². The van der Waals surface area contributed by atoms with Crippen LogP contribution < -0.4 is 10.2 Å². The summed E-state index contributed by atoms with van der Waals surface area (Å²) in [6.45, 7) is 11.2.